The van der Waals surface area contributed by atoms with Crippen LogP contribution in [0.15, 0.2) is 47.4 Å². The first kappa shape index (κ1) is 19.8. The van der Waals surface area contributed by atoms with Crippen molar-refractivity contribution in [3.05, 3.63) is 48.0 Å². The van der Waals surface area contributed by atoms with Gasteiger partial charge in [-0.3, -0.25) is 14.4 Å². The Labute approximate surface area is 166 Å². The zero-order chi connectivity index (χ0) is 20.1. The summed E-state index contributed by atoms with van der Waals surface area (Å²) in [6, 6.07) is 12.7. The molecule has 1 aliphatic rings. The van der Waals surface area contributed by atoms with Gasteiger partial charge in [0.15, 0.2) is 6.61 Å². The van der Waals surface area contributed by atoms with E-state index in [4.69, 9.17) is 9.47 Å². The molecule has 2 amide bonds. The van der Waals surface area contributed by atoms with Crippen molar-refractivity contribution in [2.75, 3.05) is 24.4 Å². The van der Waals surface area contributed by atoms with Crippen LogP contribution in [-0.4, -0.2) is 36.8 Å². The molecule has 2 aromatic carbocycles. The predicted octanol–water partition coefficient (Wildman–Crippen LogP) is 2.99. The summed E-state index contributed by atoms with van der Waals surface area (Å²) in [6.45, 7) is 1.45. The summed E-state index contributed by atoms with van der Waals surface area (Å²) in [5.41, 5.74) is 2.18. The molecular weight excluding hydrogens is 380 g/mol. The van der Waals surface area contributed by atoms with E-state index in [1.54, 1.807) is 18.2 Å². The highest BCUT2D eigenvalue weighted by molar-refractivity contribution is 8.01. The fraction of sp³-hybridized carbons (Fsp3) is 0.250. The minimum Gasteiger partial charge on any atom is -0.495 e. The molecule has 1 heterocycles. The van der Waals surface area contributed by atoms with Gasteiger partial charge in [0.05, 0.1) is 30.2 Å². The molecule has 0 aromatic heterocycles. The monoisotopic (exact) mass is 400 g/mol. The van der Waals surface area contributed by atoms with Crippen LogP contribution < -0.4 is 15.4 Å². The van der Waals surface area contributed by atoms with Gasteiger partial charge >= 0.3 is 5.97 Å². The van der Waals surface area contributed by atoms with Gasteiger partial charge in [0, 0.05) is 4.90 Å². The number of esters is 1. The normalized spacial score (nSPS) is 15.2. The molecule has 1 atom stereocenters. The summed E-state index contributed by atoms with van der Waals surface area (Å²) < 4.78 is 10.2. The van der Waals surface area contributed by atoms with Crippen LogP contribution in [0.2, 0.25) is 0 Å². The molecular formula is C20H20N2O5S. The van der Waals surface area contributed by atoms with E-state index in [2.05, 4.69) is 10.6 Å². The van der Waals surface area contributed by atoms with E-state index in [0.29, 0.717) is 11.4 Å². The Balaban J connectivity index is 1.51. The highest BCUT2D eigenvalue weighted by Crippen LogP contribution is 2.36. The SMILES string of the molecule is COc1ccc(C)cc1NC(=O)COC(=O)C[C@@H]1Sc2ccccc2NC1=O. The average molecular weight is 400 g/mol. The van der Waals surface area contributed by atoms with Gasteiger partial charge in [0.1, 0.15) is 5.75 Å². The van der Waals surface area contributed by atoms with Crippen molar-refractivity contribution < 1.29 is 23.9 Å². The molecule has 1 aliphatic heterocycles. The molecule has 28 heavy (non-hydrogen) atoms. The van der Waals surface area contributed by atoms with Crippen LogP contribution in [0.25, 0.3) is 0 Å². The number of hydrogen-bond acceptors (Lipinski definition) is 6. The molecule has 0 aliphatic carbocycles. The zero-order valence-electron chi connectivity index (χ0n) is 15.5. The second kappa shape index (κ2) is 8.79. The number of carbonyl (C=O) groups is 3. The van der Waals surface area contributed by atoms with Crippen LogP contribution in [-0.2, 0) is 19.1 Å². The number of nitrogens with one attached hydrogen (secondary N) is 2. The van der Waals surface area contributed by atoms with Gasteiger partial charge in [0.2, 0.25) is 5.91 Å². The number of amides is 2. The van der Waals surface area contributed by atoms with Crippen molar-refractivity contribution >= 4 is 40.9 Å². The first-order valence-electron chi connectivity index (χ1n) is 8.63. The van der Waals surface area contributed by atoms with Crippen molar-refractivity contribution in [2.24, 2.45) is 0 Å². The Kier molecular flexibility index (Phi) is 6.20. The lowest BCUT2D eigenvalue weighted by atomic mass is 10.2. The van der Waals surface area contributed by atoms with E-state index in [-0.39, 0.29) is 12.3 Å². The van der Waals surface area contributed by atoms with E-state index in [0.717, 1.165) is 16.1 Å². The van der Waals surface area contributed by atoms with Crippen LogP contribution in [0.3, 0.4) is 0 Å². The molecule has 8 heteroatoms. The number of benzene rings is 2. The first-order chi connectivity index (χ1) is 13.5. The molecule has 0 spiro atoms. The van der Waals surface area contributed by atoms with E-state index in [1.165, 1.54) is 18.9 Å². The number of methoxy groups -OCH3 is 1. The maximum Gasteiger partial charge on any atom is 0.307 e. The summed E-state index contributed by atoms with van der Waals surface area (Å²) in [5.74, 6) is -0.837. The molecule has 2 aromatic rings. The van der Waals surface area contributed by atoms with Crippen LogP contribution in [0.1, 0.15) is 12.0 Å². The zero-order valence-corrected chi connectivity index (χ0v) is 16.3. The lowest BCUT2D eigenvalue weighted by Gasteiger charge is -2.23. The van der Waals surface area contributed by atoms with Crippen LogP contribution in [0.4, 0.5) is 11.4 Å². The lowest BCUT2D eigenvalue weighted by Crippen LogP contribution is -2.32. The lowest BCUT2D eigenvalue weighted by molar-refractivity contribution is -0.147. The Bertz CT molecular complexity index is 915. The minimum absolute atomic E-state index is 0.119. The summed E-state index contributed by atoms with van der Waals surface area (Å²) in [5, 5.41) is 4.83. The van der Waals surface area contributed by atoms with Crippen molar-refractivity contribution in [3.63, 3.8) is 0 Å². The molecule has 0 fully saturated rings. The number of thioether (sulfide) groups is 1. The molecule has 0 bridgehead atoms. The minimum atomic E-state index is -0.613. The van der Waals surface area contributed by atoms with Crippen LogP contribution >= 0.6 is 11.8 Å². The van der Waals surface area contributed by atoms with E-state index in [9.17, 15) is 14.4 Å². The number of anilines is 2. The van der Waals surface area contributed by atoms with Crippen LogP contribution in [0, 0.1) is 6.92 Å². The average Bonchev–Trinajstić information content (AvgIpc) is 2.67. The van der Waals surface area contributed by atoms with Gasteiger partial charge in [-0.05, 0) is 36.8 Å². The first-order valence-corrected chi connectivity index (χ1v) is 9.51. The molecule has 146 valence electrons. The van der Waals surface area contributed by atoms with Gasteiger partial charge in [0.25, 0.3) is 5.91 Å². The fourth-order valence-corrected chi connectivity index (χ4v) is 3.78. The fourth-order valence-electron chi connectivity index (χ4n) is 2.69. The summed E-state index contributed by atoms with van der Waals surface area (Å²) in [7, 11) is 1.51. The molecule has 3 rings (SSSR count). The van der Waals surface area contributed by atoms with E-state index in [1.807, 2.05) is 31.2 Å². The topological polar surface area (TPSA) is 93.7 Å². The second-order valence-electron chi connectivity index (χ2n) is 6.21. The summed E-state index contributed by atoms with van der Waals surface area (Å²) in [6.07, 6.45) is -0.119. The van der Waals surface area contributed by atoms with Gasteiger partial charge in [-0.15, -0.1) is 11.8 Å². The largest absolute Gasteiger partial charge is 0.495 e. The highest BCUT2D eigenvalue weighted by Gasteiger charge is 2.29. The van der Waals surface area contributed by atoms with Crippen molar-refractivity contribution in [3.8, 4) is 5.75 Å². The summed E-state index contributed by atoms with van der Waals surface area (Å²) in [4.78, 5) is 37.2. The molecule has 0 saturated carbocycles. The van der Waals surface area contributed by atoms with E-state index < -0.39 is 23.7 Å². The highest BCUT2D eigenvalue weighted by atomic mass is 32.2. The molecule has 0 saturated heterocycles. The van der Waals surface area contributed by atoms with Gasteiger partial charge in [-0.1, -0.05) is 18.2 Å². The second-order valence-corrected chi connectivity index (χ2v) is 7.45. The maximum absolute atomic E-state index is 12.1. The van der Waals surface area contributed by atoms with Gasteiger partial charge < -0.3 is 20.1 Å². The van der Waals surface area contributed by atoms with Crippen LogP contribution in [0.5, 0.6) is 5.75 Å². The number of ether oxygens (including phenoxy) is 2. The van der Waals surface area contributed by atoms with Crippen molar-refractivity contribution in [2.45, 2.75) is 23.5 Å². The predicted molar refractivity (Wildman–Crippen MR) is 107 cm³/mol. The third-order valence-electron chi connectivity index (χ3n) is 4.05. The number of hydrogen-bond donors (Lipinski definition) is 2. The Morgan fingerprint density at radius 3 is 2.79 bits per heavy atom. The van der Waals surface area contributed by atoms with Gasteiger partial charge in [-0.25, -0.2) is 0 Å². The Hall–Kier alpha value is -3.00. The molecule has 0 unspecified atom stereocenters. The quantitative estimate of drug-likeness (QED) is 0.724. The maximum atomic E-state index is 12.1. The smallest absolute Gasteiger partial charge is 0.307 e. The third-order valence-corrected chi connectivity index (χ3v) is 5.33. The van der Waals surface area contributed by atoms with Crippen molar-refractivity contribution in [1.82, 2.24) is 0 Å². The number of carbonyl (C=O) groups excluding carboxylic acids is 3. The molecule has 0 radical (unpaired) electrons. The van der Waals surface area contributed by atoms with Gasteiger partial charge in [-0.2, -0.15) is 0 Å². The van der Waals surface area contributed by atoms with E-state index >= 15 is 0 Å². The standard InChI is InChI=1S/C20H20N2O5S/c1-12-7-8-15(26-2)14(9-12)21-18(23)11-27-19(24)10-17-20(25)22-13-5-3-4-6-16(13)28-17/h3-9,17H,10-11H2,1-2H3,(H,21,23)(H,22,25)/t17-/m0/s1. The third kappa shape index (κ3) is 4.83. The number of aryl methyl sites for hydroxylation is 1. The Morgan fingerprint density at radius 2 is 2.00 bits per heavy atom. The number of para-hydroxylation sites is 1. The van der Waals surface area contributed by atoms with Crippen molar-refractivity contribution in [1.29, 1.82) is 0 Å². The number of rotatable bonds is 6. The molecule has 7 nitrogen and oxygen atoms in total. The Morgan fingerprint density at radius 1 is 1.21 bits per heavy atom. The summed E-state index contributed by atoms with van der Waals surface area (Å²) >= 11 is 1.31. The number of fused-ring (bicyclic) bond motifs is 1. The molecule has 2 N–H and O–H groups in total.